The Kier molecular flexibility index (Phi) is 5.49. The number of fused-ring (bicyclic) bond motifs is 1. The number of methoxy groups -OCH3 is 1. The number of esters is 1. The van der Waals surface area contributed by atoms with Crippen LogP contribution < -0.4 is 10.1 Å². The van der Waals surface area contributed by atoms with Gasteiger partial charge in [-0.15, -0.1) is 6.58 Å². The van der Waals surface area contributed by atoms with E-state index in [9.17, 15) is 4.79 Å². The molecule has 1 aromatic carbocycles. The second-order valence-corrected chi connectivity index (χ2v) is 5.17. The van der Waals surface area contributed by atoms with Gasteiger partial charge in [-0.05, 0) is 42.6 Å². The van der Waals surface area contributed by atoms with Gasteiger partial charge in [0.25, 0.3) is 0 Å². The van der Waals surface area contributed by atoms with E-state index in [1.54, 1.807) is 26.2 Å². The minimum absolute atomic E-state index is 0.276. The normalized spacial score (nSPS) is 22.1. The zero-order valence-corrected chi connectivity index (χ0v) is 13.2. The van der Waals surface area contributed by atoms with E-state index in [1.807, 2.05) is 12.1 Å². The molecule has 1 heterocycles. The van der Waals surface area contributed by atoms with Gasteiger partial charge in [-0.1, -0.05) is 11.2 Å². The maximum atomic E-state index is 12.3. The predicted octanol–water partition coefficient (Wildman–Crippen LogP) is 3.60. The lowest BCUT2D eigenvalue weighted by Crippen LogP contribution is -2.44. The van der Waals surface area contributed by atoms with Crippen LogP contribution in [0.15, 0.2) is 36.0 Å². The Balaban J connectivity index is 2.51. The molecule has 0 spiro atoms. The molecule has 0 saturated carbocycles. The average molecular weight is 316 g/mol. The lowest BCUT2D eigenvalue weighted by atomic mass is 9.80. The van der Waals surface area contributed by atoms with E-state index in [0.717, 1.165) is 11.3 Å². The van der Waals surface area contributed by atoms with Crippen LogP contribution in [0.4, 0.5) is 5.69 Å². The lowest BCUT2D eigenvalue weighted by molar-refractivity contribution is -0.145. The summed E-state index contributed by atoms with van der Waals surface area (Å²) in [7, 11) is 1.57. The molecule has 2 rings (SSSR count). The highest BCUT2D eigenvalue weighted by molar-refractivity contribution is 5.82. The van der Waals surface area contributed by atoms with E-state index in [1.165, 1.54) is 0 Å². The number of allylic oxidation sites excluding steroid dienone is 1. The van der Waals surface area contributed by atoms with Crippen LogP contribution in [-0.2, 0) is 9.53 Å². The van der Waals surface area contributed by atoms with Crippen molar-refractivity contribution in [1.82, 2.24) is 0 Å². The van der Waals surface area contributed by atoms with Crippen LogP contribution in [0, 0.1) is 5.92 Å². The number of nitrogens with zero attached hydrogens (tertiary/aromatic N) is 3. The molecule has 0 fully saturated rings. The molecule has 0 aliphatic carbocycles. The fourth-order valence-corrected chi connectivity index (χ4v) is 2.86. The van der Waals surface area contributed by atoms with E-state index in [4.69, 9.17) is 15.0 Å². The predicted molar refractivity (Wildman–Crippen MR) is 87.2 cm³/mol. The van der Waals surface area contributed by atoms with Crippen LogP contribution in [-0.4, -0.2) is 25.7 Å². The largest absolute Gasteiger partial charge is 0.497 e. The smallest absolute Gasteiger partial charge is 0.328 e. The zero-order valence-electron chi connectivity index (χ0n) is 13.2. The van der Waals surface area contributed by atoms with Crippen molar-refractivity contribution in [2.24, 2.45) is 11.0 Å². The summed E-state index contributed by atoms with van der Waals surface area (Å²) in [5.74, 6) is 0.0247. The second-order valence-electron chi connectivity index (χ2n) is 5.17. The first-order chi connectivity index (χ1) is 11.2. The summed E-state index contributed by atoms with van der Waals surface area (Å²) in [5.41, 5.74) is 10.5. The van der Waals surface area contributed by atoms with Crippen LogP contribution in [0.5, 0.6) is 5.75 Å². The minimum Gasteiger partial charge on any atom is -0.497 e. The molecule has 0 saturated heterocycles. The van der Waals surface area contributed by atoms with Gasteiger partial charge in [-0.2, -0.15) is 0 Å². The molecule has 1 aliphatic rings. The molecule has 0 unspecified atom stereocenters. The monoisotopic (exact) mass is 316 g/mol. The van der Waals surface area contributed by atoms with Gasteiger partial charge in [0.05, 0.1) is 19.8 Å². The number of anilines is 1. The number of hydrogen-bond acceptors (Lipinski definition) is 5. The third kappa shape index (κ3) is 3.40. The Labute approximate surface area is 134 Å². The van der Waals surface area contributed by atoms with Gasteiger partial charge in [0.15, 0.2) is 0 Å². The first-order valence-corrected chi connectivity index (χ1v) is 7.42. The summed E-state index contributed by atoms with van der Waals surface area (Å²) in [5, 5.41) is 7.12. The fraction of sp³-hybridized carbons (Fsp3) is 0.438. The SMILES string of the molecule is C=CC[C@H]1[C@@H](C(=O)OCC)Nc2ccc(OC)cc2[C@@H]1N=[N+]=[N-]. The number of benzene rings is 1. The van der Waals surface area contributed by atoms with E-state index in [2.05, 4.69) is 21.9 Å². The molecule has 0 aromatic heterocycles. The van der Waals surface area contributed by atoms with Gasteiger partial charge < -0.3 is 14.8 Å². The summed E-state index contributed by atoms with van der Waals surface area (Å²) in [6.07, 6.45) is 2.22. The van der Waals surface area contributed by atoms with Crippen LogP contribution in [0.2, 0.25) is 0 Å². The Morgan fingerprint density at radius 3 is 2.96 bits per heavy atom. The molecule has 0 bridgehead atoms. The number of ether oxygens (including phenoxy) is 2. The van der Waals surface area contributed by atoms with Gasteiger partial charge in [0, 0.05) is 16.5 Å². The fourth-order valence-electron chi connectivity index (χ4n) is 2.86. The first kappa shape index (κ1) is 16.7. The number of azide groups is 1. The van der Waals surface area contributed by atoms with E-state index in [0.29, 0.717) is 18.8 Å². The average Bonchev–Trinajstić information content (AvgIpc) is 2.56. The molecule has 0 amide bonds. The summed E-state index contributed by atoms with van der Waals surface area (Å²) in [4.78, 5) is 15.2. The standard InChI is InChI=1S/C16H20N4O3/c1-4-6-11-14(19-20-17)12-9-10(22-3)7-8-13(12)18-15(11)16(21)23-5-2/h4,7-9,11,14-15,18H,1,5-6H2,2-3H3/t11-,14-,15+/m1/s1. The molecule has 1 N–H and O–H groups in total. The number of nitrogens with one attached hydrogen (secondary N) is 1. The van der Waals surface area contributed by atoms with Crippen molar-refractivity contribution in [3.05, 3.63) is 46.9 Å². The second kappa shape index (κ2) is 7.56. The van der Waals surface area contributed by atoms with Gasteiger partial charge in [-0.3, -0.25) is 0 Å². The quantitative estimate of drug-likeness (QED) is 0.285. The number of hydrogen-bond donors (Lipinski definition) is 1. The molecule has 122 valence electrons. The molecular weight excluding hydrogens is 296 g/mol. The Morgan fingerprint density at radius 2 is 2.35 bits per heavy atom. The van der Waals surface area contributed by atoms with Crippen molar-refractivity contribution in [1.29, 1.82) is 0 Å². The third-order valence-corrected chi connectivity index (χ3v) is 3.88. The molecule has 7 nitrogen and oxygen atoms in total. The highest BCUT2D eigenvalue weighted by Gasteiger charge is 2.40. The van der Waals surface area contributed by atoms with Crippen molar-refractivity contribution in [2.45, 2.75) is 25.4 Å². The van der Waals surface area contributed by atoms with E-state index >= 15 is 0 Å². The summed E-state index contributed by atoms with van der Waals surface area (Å²) in [6.45, 7) is 5.79. The van der Waals surface area contributed by atoms with E-state index < -0.39 is 12.1 Å². The van der Waals surface area contributed by atoms with Crippen LogP contribution in [0.3, 0.4) is 0 Å². The Morgan fingerprint density at radius 1 is 1.57 bits per heavy atom. The van der Waals surface area contributed by atoms with Gasteiger partial charge >= 0.3 is 5.97 Å². The highest BCUT2D eigenvalue weighted by Crippen LogP contribution is 2.43. The Bertz CT molecular complexity index is 640. The van der Waals surface area contributed by atoms with Crippen molar-refractivity contribution in [2.75, 3.05) is 19.0 Å². The third-order valence-electron chi connectivity index (χ3n) is 3.88. The summed E-state index contributed by atoms with van der Waals surface area (Å²) in [6, 6.07) is 4.32. The molecule has 1 aromatic rings. The van der Waals surface area contributed by atoms with Crippen molar-refractivity contribution < 1.29 is 14.3 Å². The maximum absolute atomic E-state index is 12.3. The van der Waals surface area contributed by atoms with Crippen molar-refractivity contribution in [3.8, 4) is 5.75 Å². The molecule has 23 heavy (non-hydrogen) atoms. The molecule has 1 aliphatic heterocycles. The van der Waals surface area contributed by atoms with Crippen LogP contribution in [0.25, 0.3) is 10.4 Å². The van der Waals surface area contributed by atoms with Crippen molar-refractivity contribution >= 4 is 11.7 Å². The van der Waals surface area contributed by atoms with Gasteiger partial charge in [0.2, 0.25) is 0 Å². The number of rotatable bonds is 6. The topological polar surface area (TPSA) is 96.3 Å². The minimum atomic E-state index is -0.593. The summed E-state index contributed by atoms with van der Waals surface area (Å²) >= 11 is 0. The first-order valence-electron chi connectivity index (χ1n) is 7.42. The number of carbonyl (C=O) groups excluding carboxylic acids is 1. The molecule has 7 heteroatoms. The number of carbonyl (C=O) groups is 1. The van der Waals surface area contributed by atoms with Crippen LogP contribution in [0.1, 0.15) is 24.9 Å². The van der Waals surface area contributed by atoms with Crippen LogP contribution >= 0.6 is 0 Å². The Hall–Kier alpha value is -2.66. The molecule has 3 atom stereocenters. The molecular formula is C16H20N4O3. The maximum Gasteiger partial charge on any atom is 0.328 e. The summed E-state index contributed by atoms with van der Waals surface area (Å²) < 4.78 is 10.4. The van der Waals surface area contributed by atoms with Gasteiger partial charge in [0.1, 0.15) is 11.8 Å². The van der Waals surface area contributed by atoms with Crippen molar-refractivity contribution in [3.63, 3.8) is 0 Å². The van der Waals surface area contributed by atoms with E-state index in [-0.39, 0.29) is 11.9 Å². The lowest BCUT2D eigenvalue weighted by Gasteiger charge is -2.37. The van der Waals surface area contributed by atoms with Gasteiger partial charge in [-0.25, -0.2) is 4.79 Å². The molecule has 0 radical (unpaired) electrons. The highest BCUT2D eigenvalue weighted by atomic mass is 16.5. The zero-order chi connectivity index (χ0) is 16.8.